The van der Waals surface area contributed by atoms with Gasteiger partial charge in [0.25, 0.3) is 0 Å². The van der Waals surface area contributed by atoms with E-state index in [1.54, 1.807) is 36.8 Å². The Balaban J connectivity index is 1.52. The standard InChI is InChI=1S/C20H23FN6O2S/c1-14-11-22-20(24-16-7-9-26(10-8-16)30(2,28)29)25-19(14)15-12-23-27(13-15)18-6-4-3-5-17(18)21/h3-6,11-13,16H,7-10H2,1-2H3,(H,22,24,25). The van der Waals surface area contributed by atoms with E-state index in [-0.39, 0.29) is 11.9 Å². The third-order valence-electron chi connectivity index (χ3n) is 5.18. The summed E-state index contributed by atoms with van der Waals surface area (Å²) in [5, 5.41) is 7.58. The van der Waals surface area contributed by atoms with Crippen molar-refractivity contribution in [3.05, 3.63) is 54.2 Å². The highest BCUT2D eigenvalue weighted by molar-refractivity contribution is 7.88. The van der Waals surface area contributed by atoms with Gasteiger partial charge in [-0.05, 0) is 37.5 Å². The van der Waals surface area contributed by atoms with Crippen LogP contribution in [0.3, 0.4) is 0 Å². The SMILES string of the molecule is Cc1cnc(NC2CCN(S(C)(=O)=O)CC2)nc1-c1cnn(-c2ccccc2F)c1. The molecule has 4 rings (SSSR count). The molecule has 0 spiro atoms. The lowest BCUT2D eigenvalue weighted by molar-refractivity contribution is 0.331. The van der Waals surface area contributed by atoms with Gasteiger partial charge in [-0.15, -0.1) is 0 Å². The maximum Gasteiger partial charge on any atom is 0.223 e. The van der Waals surface area contributed by atoms with E-state index in [0.29, 0.717) is 43.3 Å². The first-order chi connectivity index (χ1) is 14.3. The van der Waals surface area contributed by atoms with Gasteiger partial charge >= 0.3 is 0 Å². The number of nitrogens with one attached hydrogen (secondary N) is 1. The molecule has 0 unspecified atom stereocenters. The maximum absolute atomic E-state index is 14.1. The van der Waals surface area contributed by atoms with E-state index in [1.807, 2.05) is 6.92 Å². The molecule has 1 fully saturated rings. The van der Waals surface area contributed by atoms with Gasteiger partial charge in [-0.1, -0.05) is 12.1 Å². The molecule has 2 aromatic heterocycles. The van der Waals surface area contributed by atoms with Gasteiger partial charge in [-0.2, -0.15) is 5.10 Å². The Kier molecular flexibility index (Phi) is 5.52. The van der Waals surface area contributed by atoms with Crippen molar-refractivity contribution in [1.82, 2.24) is 24.1 Å². The zero-order valence-electron chi connectivity index (χ0n) is 16.8. The molecule has 3 heterocycles. The summed E-state index contributed by atoms with van der Waals surface area (Å²) in [6.07, 6.45) is 7.72. The molecular formula is C20H23FN6O2S. The van der Waals surface area contributed by atoms with Crippen LogP contribution >= 0.6 is 0 Å². The normalized spacial score (nSPS) is 16.0. The molecule has 0 saturated carbocycles. The highest BCUT2D eigenvalue weighted by Gasteiger charge is 2.25. The van der Waals surface area contributed by atoms with Crippen molar-refractivity contribution in [2.24, 2.45) is 0 Å². The number of aryl methyl sites for hydroxylation is 1. The Morgan fingerprint density at radius 3 is 2.60 bits per heavy atom. The number of piperidine rings is 1. The average molecular weight is 431 g/mol. The van der Waals surface area contributed by atoms with Crippen molar-refractivity contribution >= 4 is 16.0 Å². The number of anilines is 1. The fraction of sp³-hybridized carbons (Fsp3) is 0.350. The van der Waals surface area contributed by atoms with Crippen LogP contribution in [-0.2, 0) is 10.0 Å². The molecule has 1 aromatic carbocycles. The number of hydrogen-bond donors (Lipinski definition) is 1. The first-order valence-corrected chi connectivity index (χ1v) is 11.5. The molecule has 0 radical (unpaired) electrons. The molecule has 0 amide bonds. The van der Waals surface area contributed by atoms with Gasteiger partial charge in [-0.25, -0.2) is 31.8 Å². The largest absolute Gasteiger partial charge is 0.351 e. The Bertz CT molecular complexity index is 1160. The van der Waals surface area contributed by atoms with Crippen molar-refractivity contribution in [3.63, 3.8) is 0 Å². The lowest BCUT2D eigenvalue weighted by Crippen LogP contribution is -2.42. The van der Waals surface area contributed by atoms with Crippen LogP contribution in [0.5, 0.6) is 0 Å². The summed E-state index contributed by atoms with van der Waals surface area (Å²) in [5.41, 5.74) is 2.71. The smallest absolute Gasteiger partial charge is 0.223 e. The summed E-state index contributed by atoms with van der Waals surface area (Å²) in [4.78, 5) is 9.00. The number of nitrogens with zero attached hydrogens (tertiary/aromatic N) is 5. The number of hydrogen-bond acceptors (Lipinski definition) is 6. The Labute approximate surface area is 174 Å². The predicted octanol–water partition coefficient (Wildman–Crippen LogP) is 2.61. The first kappa shape index (κ1) is 20.4. The van der Waals surface area contributed by atoms with Gasteiger partial charge in [0, 0.05) is 37.1 Å². The monoisotopic (exact) mass is 430 g/mol. The minimum atomic E-state index is -3.16. The van der Waals surface area contributed by atoms with Crippen LogP contribution in [0.4, 0.5) is 10.3 Å². The number of para-hydroxylation sites is 1. The zero-order chi connectivity index (χ0) is 21.3. The van der Waals surface area contributed by atoms with Crippen molar-refractivity contribution in [1.29, 1.82) is 0 Å². The van der Waals surface area contributed by atoms with Crippen LogP contribution in [0.1, 0.15) is 18.4 Å². The van der Waals surface area contributed by atoms with Gasteiger partial charge in [0.2, 0.25) is 16.0 Å². The summed E-state index contributed by atoms with van der Waals surface area (Å²) in [6, 6.07) is 6.54. The lowest BCUT2D eigenvalue weighted by Gasteiger charge is -2.30. The quantitative estimate of drug-likeness (QED) is 0.669. The summed E-state index contributed by atoms with van der Waals surface area (Å²) >= 11 is 0. The molecule has 1 N–H and O–H groups in total. The van der Waals surface area contributed by atoms with E-state index in [9.17, 15) is 12.8 Å². The molecule has 0 aliphatic carbocycles. The molecular weight excluding hydrogens is 407 g/mol. The van der Waals surface area contributed by atoms with E-state index in [2.05, 4.69) is 20.4 Å². The third kappa shape index (κ3) is 4.34. The molecule has 0 bridgehead atoms. The second kappa shape index (κ2) is 8.11. The van der Waals surface area contributed by atoms with E-state index in [4.69, 9.17) is 0 Å². The van der Waals surface area contributed by atoms with Crippen LogP contribution in [0.2, 0.25) is 0 Å². The maximum atomic E-state index is 14.1. The fourth-order valence-electron chi connectivity index (χ4n) is 3.53. The minimum absolute atomic E-state index is 0.0969. The first-order valence-electron chi connectivity index (χ1n) is 9.66. The van der Waals surface area contributed by atoms with Crippen molar-refractivity contribution < 1.29 is 12.8 Å². The van der Waals surface area contributed by atoms with E-state index >= 15 is 0 Å². The number of sulfonamides is 1. The summed E-state index contributed by atoms with van der Waals surface area (Å²) < 4.78 is 40.4. The van der Waals surface area contributed by atoms with Crippen molar-refractivity contribution in [3.8, 4) is 16.9 Å². The van der Waals surface area contributed by atoms with Crippen molar-refractivity contribution in [2.75, 3.05) is 24.7 Å². The minimum Gasteiger partial charge on any atom is -0.351 e. The van der Waals surface area contributed by atoms with Crippen LogP contribution < -0.4 is 5.32 Å². The summed E-state index contributed by atoms with van der Waals surface area (Å²) in [6.45, 7) is 2.86. The zero-order valence-corrected chi connectivity index (χ0v) is 17.6. The number of aromatic nitrogens is 4. The van der Waals surface area contributed by atoms with E-state index in [0.717, 1.165) is 11.1 Å². The fourth-order valence-corrected chi connectivity index (χ4v) is 4.41. The van der Waals surface area contributed by atoms with Gasteiger partial charge < -0.3 is 5.32 Å². The molecule has 1 saturated heterocycles. The van der Waals surface area contributed by atoms with Crippen molar-refractivity contribution in [2.45, 2.75) is 25.8 Å². The Morgan fingerprint density at radius 1 is 1.17 bits per heavy atom. The van der Waals surface area contributed by atoms with Crippen LogP contribution in [0.25, 0.3) is 16.9 Å². The van der Waals surface area contributed by atoms with Crippen LogP contribution in [0.15, 0.2) is 42.9 Å². The van der Waals surface area contributed by atoms with E-state index < -0.39 is 10.0 Å². The average Bonchev–Trinajstić information content (AvgIpc) is 3.19. The number of benzene rings is 1. The van der Waals surface area contributed by atoms with Gasteiger partial charge in [0.15, 0.2) is 0 Å². The van der Waals surface area contributed by atoms with Gasteiger partial charge in [0.1, 0.15) is 11.5 Å². The number of halogens is 1. The highest BCUT2D eigenvalue weighted by atomic mass is 32.2. The number of rotatable bonds is 5. The van der Waals surface area contributed by atoms with Gasteiger partial charge in [-0.3, -0.25) is 0 Å². The second-order valence-electron chi connectivity index (χ2n) is 7.43. The Hall–Kier alpha value is -2.85. The van der Waals surface area contributed by atoms with Crippen LogP contribution in [-0.4, -0.2) is 57.9 Å². The molecule has 1 aliphatic rings. The summed E-state index contributed by atoms with van der Waals surface area (Å²) in [7, 11) is -3.16. The highest BCUT2D eigenvalue weighted by Crippen LogP contribution is 2.24. The second-order valence-corrected chi connectivity index (χ2v) is 9.41. The Morgan fingerprint density at radius 2 is 1.90 bits per heavy atom. The molecule has 3 aromatic rings. The molecule has 10 heteroatoms. The predicted molar refractivity (Wildman–Crippen MR) is 112 cm³/mol. The van der Waals surface area contributed by atoms with E-state index in [1.165, 1.54) is 21.3 Å². The molecule has 0 atom stereocenters. The third-order valence-corrected chi connectivity index (χ3v) is 6.49. The lowest BCUT2D eigenvalue weighted by atomic mass is 10.1. The summed E-state index contributed by atoms with van der Waals surface area (Å²) in [5.74, 6) is 0.126. The molecule has 158 valence electrons. The van der Waals surface area contributed by atoms with Gasteiger partial charge in [0.05, 0.1) is 18.1 Å². The molecule has 1 aliphatic heterocycles. The molecule has 8 nitrogen and oxygen atoms in total. The van der Waals surface area contributed by atoms with Crippen LogP contribution in [0, 0.1) is 12.7 Å². The topological polar surface area (TPSA) is 93.0 Å². The molecule has 30 heavy (non-hydrogen) atoms.